The van der Waals surface area contributed by atoms with Crippen LogP contribution in [0.4, 0.5) is 0 Å². The van der Waals surface area contributed by atoms with Gasteiger partial charge in [-0.15, -0.1) is 12.4 Å². The summed E-state index contributed by atoms with van der Waals surface area (Å²) < 4.78 is 0. The van der Waals surface area contributed by atoms with Crippen LogP contribution in [0.1, 0.15) is 142 Å². The summed E-state index contributed by atoms with van der Waals surface area (Å²) in [5, 5.41) is 8.47. The second kappa shape index (κ2) is 22.7. The molecule has 1 saturated heterocycles. The Kier molecular flexibility index (Phi) is 22.4. The number of rotatable bonds is 22. The van der Waals surface area contributed by atoms with Crippen molar-refractivity contribution in [2.24, 2.45) is 0 Å². The number of unbranched alkanes of at least 4 members (excludes halogenated alkanes) is 18. The summed E-state index contributed by atoms with van der Waals surface area (Å²) in [6, 6.07) is 0. The van der Waals surface area contributed by atoms with Crippen LogP contribution in [-0.2, 0) is 0 Å². The summed E-state index contributed by atoms with van der Waals surface area (Å²) in [5.74, 6) is 0.807. The maximum absolute atomic E-state index is 8.47. The largest absolute Gasteiger partial charge is 0.341 e. The van der Waals surface area contributed by atoms with E-state index in [0.717, 1.165) is 32.1 Å². The van der Waals surface area contributed by atoms with Gasteiger partial charge in [0, 0.05) is 26.2 Å². The third-order valence-electron chi connectivity index (χ3n) is 6.80. The van der Waals surface area contributed by atoms with Crippen LogP contribution in [0.25, 0.3) is 0 Å². The van der Waals surface area contributed by atoms with E-state index in [0.29, 0.717) is 0 Å². The Hall–Kier alpha value is -0.440. The minimum absolute atomic E-state index is 0. The lowest BCUT2D eigenvalue weighted by Crippen LogP contribution is -2.33. The summed E-state index contributed by atoms with van der Waals surface area (Å²) in [6.07, 6.45) is 27.8. The molecule has 0 saturated carbocycles. The van der Waals surface area contributed by atoms with Crippen LogP contribution < -0.4 is 0 Å². The van der Waals surface area contributed by atoms with Crippen LogP contribution in [0, 0.1) is 5.41 Å². The second-order valence-electron chi connectivity index (χ2n) is 9.66. The molecule has 0 spiro atoms. The zero-order valence-corrected chi connectivity index (χ0v) is 22.1. The molecule has 0 atom stereocenters. The van der Waals surface area contributed by atoms with Crippen molar-refractivity contribution < 1.29 is 0 Å². The molecule has 0 unspecified atom stereocenters. The van der Waals surface area contributed by atoms with Gasteiger partial charge in [-0.25, -0.2) is 0 Å². The summed E-state index contributed by atoms with van der Waals surface area (Å²) in [5.41, 5.74) is 0. The van der Waals surface area contributed by atoms with Crippen molar-refractivity contribution in [1.82, 2.24) is 9.80 Å². The molecule has 0 aromatic rings. The number of hydrogen-bond acceptors (Lipinski definition) is 1. The first-order valence-corrected chi connectivity index (χ1v) is 13.9. The average molecular weight is 458 g/mol. The van der Waals surface area contributed by atoms with Gasteiger partial charge >= 0.3 is 0 Å². The van der Waals surface area contributed by atoms with Crippen LogP contribution in [0.3, 0.4) is 0 Å². The van der Waals surface area contributed by atoms with Gasteiger partial charge in [-0.3, -0.25) is 5.41 Å². The van der Waals surface area contributed by atoms with Crippen molar-refractivity contribution in [1.29, 1.82) is 5.41 Å². The molecular weight excluding hydrogens is 402 g/mol. The number of nitrogens with zero attached hydrogens (tertiary/aromatic N) is 2. The smallest absolute Gasteiger partial charge is 0.193 e. The Balaban J connectivity index is 0.00000900. The fourth-order valence-electron chi connectivity index (χ4n) is 4.67. The lowest BCUT2D eigenvalue weighted by Gasteiger charge is -2.21. The first-order chi connectivity index (χ1) is 14.8. The molecule has 0 bridgehead atoms. The summed E-state index contributed by atoms with van der Waals surface area (Å²) in [6.45, 7) is 8.93. The maximum Gasteiger partial charge on any atom is 0.193 e. The first kappa shape index (κ1) is 30.6. The summed E-state index contributed by atoms with van der Waals surface area (Å²) in [7, 11) is 0. The highest BCUT2D eigenvalue weighted by atomic mass is 35.5. The van der Waals surface area contributed by atoms with E-state index in [4.69, 9.17) is 5.41 Å². The molecule has 1 aliphatic rings. The minimum Gasteiger partial charge on any atom is -0.341 e. The molecule has 4 heteroatoms. The Morgan fingerprint density at radius 1 is 0.484 bits per heavy atom. The van der Waals surface area contributed by atoms with Gasteiger partial charge in [-0.05, 0) is 12.8 Å². The predicted molar refractivity (Wildman–Crippen MR) is 142 cm³/mol. The predicted octanol–water partition coefficient (Wildman–Crippen LogP) is 8.80. The molecule has 0 aromatic carbocycles. The fourth-order valence-corrected chi connectivity index (χ4v) is 4.67. The normalized spacial score (nSPS) is 13.8. The minimum atomic E-state index is 0. The molecule has 0 amide bonds. The van der Waals surface area contributed by atoms with Crippen molar-refractivity contribution in [3.63, 3.8) is 0 Å². The number of hydrogen-bond donors (Lipinski definition) is 1. The number of nitrogens with one attached hydrogen (secondary N) is 1. The Morgan fingerprint density at radius 2 is 0.742 bits per heavy atom. The zero-order valence-electron chi connectivity index (χ0n) is 21.3. The van der Waals surface area contributed by atoms with Gasteiger partial charge in [-0.1, -0.05) is 129 Å². The lowest BCUT2D eigenvalue weighted by molar-refractivity contribution is 0.427. The van der Waals surface area contributed by atoms with E-state index in [1.165, 1.54) is 128 Å². The quantitative estimate of drug-likeness (QED) is 0.164. The van der Waals surface area contributed by atoms with Crippen molar-refractivity contribution >= 4 is 18.4 Å². The van der Waals surface area contributed by atoms with Crippen LogP contribution >= 0.6 is 12.4 Å². The van der Waals surface area contributed by atoms with E-state index in [9.17, 15) is 0 Å². The fraction of sp³-hybridized carbons (Fsp3) is 0.963. The zero-order chi connectivity index (χ0) is 21.7. The number of guanidine groups is 1. The van der Waals surface area contributed by atoms with Crippen LogP contribution in [-0.4, -0.2) is 41.9 Å². The van der Waals surface area contributed by atoms with E-state index >= 15 is 0 Å². The molecule has 1 rings (SSSR count). The number of halogens is 1. The van der Waals surface area contributed by atoms with Crippen molar-refractivity contribution in [3.05, 3.63) is 0 Å². The average Bonchev–Trinajstić information content (AvgIpc) is 3.10. The van der Waals surface area contributed by atoms with Crippen LogP contribution in [0.5, 0.6) is 0 Å². The van der Waals surface area contributed by atoms with E-state index in [2.05, 4.69) is 23.6 Å². The van der Waals surface area contributed by atoms with Crippen LogP contribution in [0.15, 0.2) is 0 Å². The van der Waals surface area contributed by atoms with Gasteiger partial charge in [0.25, 0.3) is 0 Å². The van der Waals surface area contributed by atoms with Crippen LogP contribution in [0.2, 0.25) is 0 Å². The van der Waals surface area contributed by atoms with E-state index < -0.39 is 0 Å². The lowest BCUT2D eigenvalue weighted by atomic mass is 10.1. The summed E-state index contributed by atoms with van der Waals surface area (Å²) >= 11 is 0. The maximum atomic E-state index is 8.47. The van der Waals surface area contributed by atoms with Gasteiger partial charge in [0.2, 0.25) is 0 Å². The molecule has 3 nitrogen and oxygen atoms in total. The van der Waals surface area contributed by atoms with Gasteiger partial charge in [0.15, 0.2) is 5.96 Å². The first-order valence-electron chi connectivity index (χ1n) is 13.9. The molecule has 0 aromatic heterocycles. The summed E-state index contributed by atoms with van der Waals surface area (Å²) in [4.78, 5) is 4.64. The molecule has 1 aliphatic heterocycles. The van der Waals surface area contributed by atoms with Gasteiger partial charge in [0.05, 0.1) is 0 Å². The highest BCUT2D eigenvalue weighted by Gasteiger charge is 2.23. The Morgan fingerprint density at radius 3 is 1.03 bits per heavy atom. The topological polar surface area (TPSA) is 30.3 Å². The van der Waals surface area contributed by atoms with E-state index in [-0.39, 0.29) is 12.4 Å². The van der Waals surface area contributed by atoms with Gasteiger partial charge in [0.1, 0.15) is 0 Å². The second-order valence-corrected chi connectivity index (χ2v) is 9.66. The van der Waals surface area contributed by atoms with E-state index in [1.54, 1.807) is 0 Å². The van der Waals surface area contributed by atoms with Crippen molar-refractivity contribution in [3.8, 4) is 0 Å². The monoisotopic (exact) mass is 457 g/mol. The van der Waals surface area contributed by atoms with E-state index in [1.807, 2.05) is 0 Å². The molecular formula is C27H56ClN3. The third kappa shape index (κ3) is 16.8. The third-order valence-corrected chi connectivity index (χ3v) is 6.80. The molecule has 1 heterocycles. The molecule has 186 valence electrons. The van der Waals surface area contributed by atoms with Gasteiger partial charge < -0.3 is 9.80 Å². The molecule has 31 heavy (non-hydrogen) atoms. The van der Waals surface area contributed by atoms with Crippen molar-refractivity contribution in [2.75, 3.05) is 26.2 Å². The SMILES string of the molecule is CCCCCCCCCCCCN1CCN(CCCCCCCCCCCC)C1=N.Cl. The molecule has 1 N–H and O–H groups in total. The Labute approximate surface area is 202 Å². The Bertz CT molecular complexity index is 355. The highest BCUT2D eigenvalue weighted by Crippen LogP contribution is 2.15. The highest BCUT2D eigenvalue weighted by molar-refractivity contribution is 5.85. The molecule has 0 radical (unpaired) electrons. The standard InChI is InChI=1S/C27H55N3.ClH/c1-3-5-7-9-11-13-15-17-19-21-23-29-25-26-30(27(29)28)24-22-20-18-16-14-12-10-8-6-4-2;/h28H,3-26H2,1-2H3;1H. The molecule has 0 aliphatic carbocycles. The molecule has 1 fully saturated rings. The van der Waals surface area contributed by atoms with Gasteiger partial charge in [-0.2, -0.15) is 0 Å². The van der Waals surface area contributed by atoms with Crippen molar-refractivity contribution in [2.45, 2.75) is 142 Å².